The Labute approximate surface area is 245 Å². The molecule has 2 rings (SSSR count). The van der Waals surface area contributed by atoms with Gasteiger partial charge in [-0.15, -0.1) is 0 Å². The van der Waals surface area contributed by atoms with E-state index in [0.717, 1.165) is 12.0 Å². The van der Waals surface area contributed by atoms with E-state index < -0.39 is 35.6 Å². The predicted molar refractivity (Wildman–Crippen MR) is 162 cm³/mol. The van der Waals surface area contributed by atoms with Gasteiger partial charge in [-0.1, -0.05) is 76.2 Å². The van der Waals surface area contributed by atoms with Crippen molar-refractivity contribution in [3.8, 4) is 5.75 Å². The van der Waals surface area contributed by atoms with Crippen LogP contribution in [0.5, 0.6) is 5.75 Å². The second-order valence-electron chi connectivity index (χ2n) is 12.6. The summed E-state index contributed by atoms with van der Waals surface area (Å²) in [5.74, 6) is -0.440. The normalized spacial score (nSPS) is 13.8. The Morgan fingerprint density at radius 2 is 1.49 bits per heavy atom. The van der Waals surface area contributed by atoms with E-state index in [-0.39, 0.29) is 24.3 Å². The maximum atomic E-state index is 14.5. The van der Waals surface area contributed by atoms with E-state index in [9.17, 15) is 19.5 Å². The highest BCUT2D eigenvalue weighted by molar-refractivity contribution is 5.92. The van der Waals surface area contributed by atoms with Crippen LogP contribution in [0.1, 0.15) is 91.8 Å². The molecule has 0 aliphatic heterocycles. The molecule has 8 heteroatoms. The lowest BCUT2D eigenvalue weighted by Crippen LogP contribution is -2.55. The number of carbonyl (C=O) groups is 3. The van der Waals surface area contributed by atoms with Gasteiger partial charge in [0.25, 0.3) is 0 Å². The summed E-state index contributed by atoms with van der Waals surface area (Å²) in [4.78, 5) is 42.8. The second-order valence-corrected chi connectivity index (χ2v) is 12.6. The average Bonchev–Trinajstić information content (AvgIpc) is 2.88. The molecule has 0 aliphatic carbocycles. The summed E-state index contributed by atoms with van der Waals surface area (Å²) in [5.41, 5.74) is 0.491. The zero-order chi connectivity index (χ0) is 30.7. The summed E-state index contributed by atoms with van der Waals surface area (Å²) in [5, 5.41) is 16.6. The van der Waals surface area contributed by atoms with Crippen molar-refractivity contribution in [1.82, 2.24) is 15.5 Å². The van der Waals surface area contributed by atoms with Crippen molar-refractivity contribution >= 4 is 17.9 Å². The third-order valence-corrected chi connectivity index (χ3v) is 6.65. The Morgan fingerprint density at radius 1 is 0.878 bits per heavy atom. The first-order valence-electron chi connectivity index (χ1n) is 14.6. The molecule has 0 bridgehead atoms. The van der Waals surface area contributed by atoms with Crippen LogP contribution in [0.4, 0.5) is 4.79 Å². The smallest absolute Gasteiger partial charge is 0.408 e. The molecule has 8 nitrogen and oxygen atoms in total. The van der Waals surface area contributed by atoms with Gasteiger partial charge in [0.15, 0.2) is 0 Å². The number of rotatable bonds is 13. The molecular formula is C33H49N3O5. The quantitative estimate of drug-likeness (QED) is 0.262. The molecule has 0 saturated carbocycles. The summed E-state index contributed by atoms with van der Waals surface area (Å²) in [6.45, 7) is 15.6. The second kappa shape index (κ2) is 15.5. The number of nitrogens with one attached hydrogen (secondary N) is 2. The van der Waals surface area contributed by atoms with Gasteiger partial charge in [0.2, 0.25) is 11.8 Å². The van der Waals surface area contributed by atoms with E-state index in [1.54, 1.807) is 43.9 Å². The highest BCUT2D eigenvalue weighted by Gasteiger charge is 2.40. The van der Waals surface area contributed by atoms with Crippen LogP contribution in [-0.4, -0.2) is 45.6 Å². The number of alkyl carbamates (subject to hydrolysis) is 1. The molecule has 0 radical (unpaired) electrons. The molecule has 0 aliphatic rings. The summed E-state index contributed by atoms with van der Waals surface area (Å²) >= 11 is 0. The fourth-order valence-electron chi connectivity index (χ4n) is 4.65. The number of hydrogen-bond acceptors (Lipinski definition) is 5. The minimum atomic E-state index is -1.12. The molecule has 0 fully saturated rings. The van der Waals surface area contributed by atoms with Crippen LogP contribution in [0.15, 0.2) is 54.6 Å². The minimum Gasteiger partial charge on any atom is -0.508 e. The highest BCUT2D eigenvalue weighted by atomic mass is 16.6. The van der Waals surface area contributed by atoms with Crippen molar-refractivity contribution in [3.63, 3.8) is 0 Å². The maximum Gasteiger partial charge on any atom is 0.408 e. The molecule has 3 amide bonds. The summed E-state index contributed by atoms with van der Waals surface area (Å²) in [7, 11) is 0. The summed E-state index contributed by atoms with van der Waals surface area (Å²) in [6.07, 6.45) is 1.13. The first-order valence-corrected chi connectivity index (χ1v) is 14.6. The van der Waals surface area contributed by atoms with Crippen molar-refractivity contribution in [2.45, 2.75) is 105 Å². The molecule has 2 aromatic carbocycles. The number of amides is 3. The average molecular weight is 568 g/mol. The number of phenolic OH excluding ortho intramolecular Hbond substituents is 1. The Balaban J connectivity index is 2.57. The van der Waals surface area contributed by atoms with Crippen LogP contribution in [-0.2, 0) is 20.9 Å². The van der Waals surface area contributed by atoms with Crippen LogP contribution in [0.2, 0.25) is 0 Å². The third-order valence-electron chi connectivity index (χ3n) is 6.65. The van der Waals surface area contributed by atoms with Crippen LogP contribution < -0.4 is 10.6 Å². The van der Waals surface area contributed by atoms with Crippen molar-refractivity contribution in [2.75, 3.05) is 0 Å². The number of nitrogens with zero attached hydrogens (tertiary/aromatic N) is 1. The van der Waals surface area contributed by atoms with Crippen molar-refractivity contribution in [2.24, 2.45) is 11.8 Å². The Bertz CT molecular complexity index is 1130. The predicted octanol–water partition coefficient (Wildman–Crippen LogP) is 6.34. The molecule has 0 aromatic heterocycles. The monoisotopic (exact) mass is 567 g/mol. The van der Waals surface area contributed by atoms with Gasteiger partial charge in [0.1, 0.15) is 23.4 Å². The molecule has 3 unspecified atom stereocenters. The van der Waals surface area contributed by atoms with E-state index >= 15 is 0 Å². The standard InChI is InChI=1S/C33H49N3O5/c1-22(2)18-19-24(5)36(31(39)27(20-23(3)4)35-32(40)41-33(6,7)8)29(26-16-12-13-17-28(26)37)30(38)34-21-25-14-10-9-11-15-25/h9-17,22-24,27,29,37H,18-21H2,1-8H3,(H,34,38)(H,35,40). The summed E-state index contributed by atoms with van der Waals surface area (Å²) in [6, 6.07) is 13.7. The number of hydrogen-bond donors (Lipinski definition) is 3. The van der Waals surface area contributed by atoms with Gasteiger partial charge in [0, 0.05) is 18.2 Å². The molecule has 0 heterocycles. The molecule has 2 aromatic rings. The van der Waals surface area contributed by atoms with Crippen molar-refractivity contribution in [3.05, 3.63) is 65.7 Å². The van der Waals surface area contributed by atoms with Crippen LogP contribution >= 0.6 is 0 Å². The minimum absolute atomic E-state index is 0.0715. The van der Waals surface area contributed by atoms with Gasteiger partial charge in [-0.05, 0) is 70.4 Å². The molecule has 3 N–H and O–H groups in total. The fourth-order valence-corrected chi connectivity index (χ4v) is 4.65. The lowest BCUT2D eigenvalue weighted by Gasteiger charge is -2.39. The topological polar surface area (TPSA) is 108 Å². The SMILES string of the molecule is CC(C)CCC(C)N(C(=O)C(CC(C)C)NC(=O)OC(C)(C)C)C(C(=O)NCc1ccccc1)c1ccccc1O. The molecular weight excluding hydrogens is 518 g/mol. The summed E-state index contributed by atoms with van der Waals surface area (Å²) < 4.78 is 5.48. The fraction of sp³-hybridized carbons (Fsp3) is 0.545. The van der Waals surface area contributed by atoms with Crippen LogP contribution in [0.25, 0.3) is 0 Å². The molecule has 0 saturated heterocycles. The van der Waals surface area contributed by atoms with Crippen molar-refractivity contribution in [1.29, 1.82) is 0 Å². The zero-order valence-corrected chi connectivity index (χ0v) is 25.9. The number of para-hydroxylation sites is 1. The Morgan fingerprint density at radius 3 is 2.05 bits per heavy atom. The van der Waals surface area contributed by atoms with E-state index in [1.165, 1.54) is 6.07 Å². The van der Waals surface area contributed by atoms with E-state index in [4.69, 9.17) is 4.74 Å². The van der Waals surface area contributed by atoms with Gasteiger partial charge < -0.3 is 25.4 Å². The first-order chi connectivity index (χ1) is 19.2. The number of phenols is 1. The molecule has 3 atom stereocenters. The first kappa shape index (κ1) is 33.7. The van der Waals surface area contributed by atoms with E-state index in [2.05, 4.69) is 24.5 Å². The van der Waals surface area contributed by atoms with Gasteiger partial charge in [0.05, 0.1) is 0 Å². The zero-order valence-electron chi connectivity index (χ0n) is 25.9. The van der Waals surface area contributed by atoms with E-state index in [0.29, 0.717) is 24.3 Å². The van der Waals surface area contributed by atoms with Crippen molar-refractivity contribution < 1.29 is 24.2 Å². The number of carbonyl (C=O) groups excluding carboxylic acids is 3. The Kier molecular flexibility index (Phi) is 12.7. The number of ether oxygens (including phenoxy) is 1. The van der Waals surface area contributed by atoms with Gasteiger partial charge >= 0.3 is 6.09 Å². The van der Waals surface area contributed by atoms with Crippen LogP contribution in [0, 0.1) is 11.8 Å². The van der Waals surface area contributed by atoms with Gasteiger partial charge in [-0.2, -0.15) is 0 Å². The largest absolute Gasteiger partial charge is 0.508 e. The number of aromatic hydroxyl groups is 1. The highest BCUT2D eigenvalue weighted by Crippen LogP contribution is 2.33. The molecule has 41 heavy (non-hydrogen) atoms. The van der Waals surface area contributed by atoms with Crippen LogP contribution in [0.3, 0.4) is 0 Å². The maximum absolute atomic E-state index is 14.5. The van der Waals surface area contributed by atoms with Gasteiger partial charge in [-0.3, -0.25) is 9.59 Å². The lowest BCUT2D eigenvalue weighted by atomic mass is 9.95. The van der Waals surface area contributed by atoms with Gasteiger partial charge in [-0.25, -0.2) is 4.79 Å². The molecule has 0 spiro atoms. The third kappa shape index (κ3) is 11.1. The lowest BCUT2D eigenvalue weighted by molar-refractivity contribution is -0.145. The Hall–Kier alpha value is -3.55. The van der Waals surface area contributed by atoms with E-state index in [1.807, 2.05) is 51.1 Å². The number of benzene rings is 2. The molecule has 226 valence electrons.